The SMILES string of the molecule is CC(=O)SCC(=Cc1cnc(Cl)c2ccccc12)B1OC(C)(C)C(C)(C)O1. The zero-order valence-electron chi connectivity index (χ0n) is 16.2. The molecule has 3 rings (SSSR count). The topological polar surface area (TPSA) is 48.4 Å². The predicted molar refractivity (Wildman–Crippen MR) is 114 cm³/mol. The van der Waals surface area contributed by atoms with Crippen molar-refractivity contribution in [2.24, 2.45) is 0 Å². The highest BCUT2D eigenvalue weighted by Gasteiger charge is 2.52. The fourth-order valence-corrected chi connectivity index (χ4v) is 3.65. The van der Waals surface area contributed by atoms with E-state index in [4.69, 9.17) is 20.9 Å². The van der Waals surface area contributed by atoms with Crippen molar-refractivity contribution in [2.45, 2.75) is 45.8 Å². The average molecular weight is 404 g/mol. The monoisotopic (exact) mass is 403 g/mol. The molecule has 1 aromatic carbocycles. The molecule has 1 aliphatic heterocycles. The van der Waals surface area contributed by atoms with Crippen LogP contribution < -0.4 is 0 Å². The Labute approximate surface area is 169 Å². The van der Waals surface area contributed by atoms with Crippen molar-refractivity contribution < 1.29 is 14.1 Å². The van der Waals surface area contributed by atoms with Crippen LogP contribution in [0.15, 0.2) is 35.9 Å². The summed E-state index contributed by atoms with van der Waals surface area (Å²) in [6.45, 7) is 9.62. The van der Waals surface area contributed by atoms with Gasteiger partial charge in [-0.15, -0.1) is 0 Å². The van der Waals surface area contributed by atoms with Crippen molar-refractivity contribution in [2.75, 3.05) is 5.75 Å². The van der Waals surface area contributed by atoms with Crippen molar-refractivity contribution in [3.63, 3.8) is 0 Å². The number of carbonyl (C=O) groups is 1. The molecule has 1 fully saturated rings. The number of nitrogens with zero attached hydrogens (tertiary/aromatic N) is 1. The second-order valence-electron chi connectivity index (χ2n) is 7.64. The van der Waals surface area contributed by atoms with Gasteiger partial charge in [0, 0.05) is 29.8 Å². The molecule has 7 heteroatoms. The van der Waals surface area contributed by atoms with Crippen molar-refractivity contribution in [3.05, 3.63) is 46.7 Å². The van der Waals surface area contributed by atoms with Crippen LogP contribution in [0.1, 0.15) is 40.2 Å². The lowest BCUT2D eigenvalue weighted by Gasteiger charge is -2.32. The van der Waals surface area contributed by atoms with Crippen molar-refractivity contribution >= 4 is 52.4 Å². The van der Waals surface area contributed by atoms with Crippen molar-refractivity contribution in [1.29, 1.82) is 0 Å². The van der Waals surface area contributed by atoms with Crippen LogP contribution >= 0.6 is 23.4 Å². The average Bonchev–Trinajstić information content (AvgIpc) is 2.81. The van der Waals surface area contributed by atoms with Gasteiger partial charge in [0.2, 0.25) is 0 Å². The first-order valence-electron chi connectivity index (χ1n) is 8.83. The number of pyridine rings is 1. The fraction of sp³-hybridized carbons (Fsp3) is 0.400. The van der Waals surface area contributed by atoms with E-state index in [0.717, 1.165) is 21.8 Å². The van der Waals surface area contributed by atoms with Crippen molar-refractivity contribution in [1.82, 2.24) is 4.98 Å². The quantitative estimate of drug-likeness (QED) is 0.520. The zero-order valence-corrected chi connectivity index (χ0v) is 17.8. The Morgan fingerprint density at radius 3 is 2.37 bits per heavy atom. The summed E-state index contributed by atoms with van der Waals surface area (Å²) >= 11 is 7.48. The molecule has 0 spiro atoms. The number of aromatic nitrogens is 1. The second kappa shape index (κ2) is 7.59. The summed E-state index contributed by atoms with van der Waals surface area (Å²) in [6.07, 6.45) is 3.75. The molecule has 1 aromatic heterocycles. The van der Waals surface area contributed by atoms with Crippen LogP contribution in [0.3, 0.4) is 0 Å². The van der Waals surface area contributed by atoms with Gasteiger partial charge in [0.15, 0.2) is 5.12 Å². The Morgan fingerprint density at radius 2 is 1.78 bits per heavy atom. The van der Waals surface area contributed by atoms with Gasteiger partial charge in [-0.25, -0.2) is 4.98 Å². The maximum absolute atomic E-state index is 11.6. The van der Waals surface area contributed by atoms with Gasteiger partial charge in [-0.3, -0.25) is 4.79 Å². The van der Waals surface area contributed by atoms with Gasteiger partial charge < -0.3 is 9.31 Å². The largest absolute Gasteiger partial charge is 0.491 e. The molecule has 0 unspecified atom stereocenters. The van der Waals surface area contributed by atoms with Gasteiger partial charge in [0.25, 0.3) is 0 Å². The summed E-state index contributed by atoms with van der Waals surface area (Å²) in [6, 6.07) is 7.86. The van der Waals surface area contributed by atoms with Crippen LogP contribution in [0.5, 0.6) is 0 Å². The lowest BCUT2D eigenvalue weighted by atomic mass is 9.78. The Bertz CT molecular complexity index is 897. The molecule has 0 saturated carbocycles. The summed E-state index contributed by atoms with van der Waals surface area (Å²) in [5.74, 6) is 0.489. The van der Waals surface area contributed by atoms with Crippen LogP contribution in [0.2, 0.25) is 5.15 Å². The molecule has 1 aliphatic rings. The maximum atomic E-state index is 11.6. The van der Waals surface area contributed by atoms with Crippen LogP contribution in [-0.4, -0.2) is 34.2 Å². The number of hydrogen-bond donors (Lipinski definition) is 0. The molecule has 0 N–H and O–H groups in total. The predicted octanol–water partition coefficient (Wildman–Crippen LogP) is 5.18. The smallest absolute Gasteiger partial charge is 0.400 e. The summed E-state index contributed by atoms with van der Waals surface area (Å²) < 4.78 is 12.4. The summed E-state index contributed by atoms with van der Waals surface area (Å²) in [7, 11) is -0.517. The fourth-order valence-electron chi connectivity index (χ4n) is 2.85. The first-order chi connectivity index (χ1) is 12.6. The van der Waals surface area contributed by atoms with Gasteiger partial charge in [0.05, 0.1) is 11.2 Å². The first kappa shape index (κ1) is 20.4. The normalized spacial score (nSPS) is 18.9. The van der Waals surface area contributed by atoms with E-state index in [0.29, 0.717) is 10.9 Å². The molecule has 0 atom stereocenters. The minimum Gasteiger partial charge on any atom is -0.400 e. The number of benzene rings is 1. The molecular formula is C20H23BClNO3S. The minimum absolute atomic E-state index is 0.0523. The minimum atomic E-state index is -0.517. The number of rotatable bonds is 4. The summed E-state index contributed by atoms with van der Waals surface area (Å²) in [4.78, 5) is 15.9. The lowest BCUT2D eigenvalue weighted by molar-refractivity contribution is -0.109. The van der Waals surface area contributed by atoms with Gasteiger partial charge in [0.1, 0.15) is 5.15 Å². The lowest BCUT2D eigenvalue weighted by Crippen LogP contribution is -2.41. The van der Waals surface area contributed by atoms with E-state index in [1.807, 2.05) is 58.0 Å². The highest BCUT2D eigenvalue weighted by Crippen LogP contribution is 2.39. The molecule has 4 nitrogen and oxygen atoms in total. The molecule has 0 radical (unpaired) electrons. The zero-order chi connectivity index (χ0) is 19.8. The third-order valence-corrected chi connectivity index (χ3v) is 6.30. The number of carbonyl (C=O) groups excluding carboxylic acids is 1. The first-order valence-corrected chi connectivity index (χ1v) is 10.2. The van der Waals surface area contributed by atoms with Crippen LogP contribution in [-0.2, 0) is 14.1 Å². The van der Waals surface area contributed by atoms with E-state index in [-0.39, 0.29) is 5.12 Å². The van der Waals surface area contributed by atoms with E-state index in [1.165, 1.54) is 11.8 Å². The van der Waals surface area contributed by atoms with E-state index < -0.39 is 18.3 Å². The Hall–Kier alpha value is -1.34. The van der Waals surface area contributed by atoms with Crippen LogP contribution in [0.4, 0.5) is 0 Å². The van der Waals surface area contributed by atoms with E-state index in [2.05, 4.69) is 4.98 Å². The van der Waals surface area contributed by atoms with Gasteiger partial charge >= 0.3 is 7.12 Å². The number of halogens is 1. The van der Waals surface area contributed by atoms with E-state index >= 15 is 0 Å². The molecule has 0 bridgehead atoms. The highest BCUT2D eigenvalue weighted by molar-refractivity contribution is 8.13. The third-order valence-electron chi connectivity index (χ3n) is 5.12. The van der Waals surface area contributed by atoms with Gasteiger partial charge in [-0.1, -0.05) is 53.7 Å². The number of thioether (sulfide) groups is 1. The molecule has 142 valence electrons. The molecule has 27 heavy (non-hydrogen) atoms. The summed E-state index contributed by atoms with van der Waals surface area (Å²) in [5, 5.41) is 2.41. The van der Waals surface area contributed by atoms with Crippen molar-refractivity contribution in [3.8, 4) is 0 Å². The molecule has 0 amide bonds. The molecule has 2 heterocycles. The maximum Gasteiger partial charge on any atom is 0.491 e. The van der Waals surface area contributed by atoms with Gasteiger partial charge in [-0.05, 0) is 38.6 Å². The Balaban J connectivity index is 2.04. The van der Waals surface area contributed by atoms with Crippen LogP contribution in [0, 0.1) is 0 Å². The molecule has 2 aromatic rings. The second-order valence-corrected chi connectivity index (χ2v) is 9.15. The molecular weight excluding hydrogens is 381 g/mol. The van der Waals surface area contributed by atoms with Gasteiger partial charge in [-0.2, -0.15) is 0 Å². The standard InChI is InChI=1S/C20H23BClNO3S/c1-13(24)27-12-15(21-25-19(2,3)20(4,5)26-21)10-14-11-23-18(22)17-9-7-6-8-16(14)17/h6-11H,12H2,1-5H3. The van der Waals surface area contributed by atoms with E-state index in [1.54, 1.807) is 13.1 Å². The number of fused-ring (bicyclic) bond motifs is 1. The Morgan fingerprint density at radius 1 is 1.19 bits per heavy atom. The molecule has 1 saturated heterocycles. The van der Waals surface area contributed by atoms with Crippen LogP contribution in [0.25, 0.3) is 16.8 Å². The third kappa shape index (κ3) is 4.24. The summed E-state index contributed by atoms with van der Waals surface area (Å²) in [5.41, 5.74) is 0.919. The Kier molecular flexibility index (Phi) is 5.73. The highest BCUT2D eigenvalue weighted by atomic mass is 35.5. The molecule has 0 aliphatic carbocycles. The number of hydrogen-bond acceptors (Lipinski definition) is 5. The van der Waals surface area contributed by atoms with E-state index in [9.17, 15) is 4.79 Å².